The summed E-state index contributed by atoms with van der Waals surface area (Å²) in [5, 5.41) is 1.27. The molecule has 4 nitrogen and oxygen atoms in total. The van der Waals surface area contributed by atoms with Gasteiger partial charge in [-0.3, -0.25) is 4.98 Å². The summed E-state index contributed by atoms with van der Waals surface area (Å²) in [6, 6.07) is 10.3. The van der Waals surface area contributed by atoms with Gasteiger partial charge < -0.3 is 9.30 Å². The Morgan fingerprint density at radius 3 is 2.65 bits per heavy atom. The van der Waals surface area contributed by atoms with Gasteiger partial charge in [0.2, 0.25) is 0 Å². The van der Waals surface area contributed by atoms with Crippen LogP contribution in [0.15, 0.2) is 55.4 Å². The standard InChI is InChI=1S/C27H32N2O2/c1-5-17-29-23-14-10-9-13-21(23)24(19-11-7-6-8-12-19)25(29)22-18-28-16-15-20(22)26(30)31-27(2,3)4/h5,9-10,13-16,18-19H,1,6-8,11-12,17H2,2-4H3. The van der Waals surface area contributed by atoms with E-state index in [1.165, 1.54) is 48.6 Å². The summed E-state index contributed by atoms with van der Waals surface area (Å²) in [6.45, 7) is 10.4. The van der Waals surface area contributed by atoms with Crippen LogP contribution in [0, 0.1) is 0 Å². The Morgan fingerprint density at radius 2 is 1.94 bits per heavy atom. The number of allylic oxidation sites excluding steroid dienone is 1. The van der Waals surface area contributed by atoms with Crippen molar-refractivity contribution in [1.29, 1.82) is 0 Å². The van der Waals surface area contributed by atoms with Crippen molar-refractivity contribution in [3.05, 3.63) is 66.5 Å². The molecule has 1 aliphatic rings. The van der Waals surface area contributed by atoms with Crippen LogP contribution in [-0.4, -0.2) is 21.1 Å². The first kappa shape index (κ1) is 21.4. The topological polar surface area (TPSA) is 44.1 Å². The number of pyridine rings is 1. The van der Waals surface area contributed by atoms with Crippen molar-refractivity contribution in [1.82, 2.24) is 9.55 Å². The fourth-order valence-corrected chi connectivity index (χ4v) is 4.84. The summed E-state index contributed by atoms with van der Waals surface area (Å²) in [5.41, 5.74) is 4.46. The molecule has 1 fully saturated rings. The maximum atomic E-state index is 13.1. The van der Waals surface area contributed by atoms with Crippen LogP contribution in [-0.2, 0) is 11.3 Å². The Kier molecular flexibility index (Phi) is 5.99. The molecule has 0 radical (unpaired) electrons. The first-order valence-corrected chi connectivity index (χ1v) is 11.3. The predicted molar refractivity (Wildman–Crippen MR) is 126 cm³/mol. The number of ether oxygens (including phenoxy) is 1. The highest BCUT2D eigenvalue weighted by atomic mass is 16.6. The Morgan fingerprint density at radius 1 is 1.19 bits per heavy atom. The number of hydrogen-bond acceptors (Lipinski definition) is 3. The molecule has 162 valence electrons. The highest BCUT2D eigenvalue weighted by Crippen LogP contribution is 2.44. The molecule has 1 aliphatic carbocycles. The quantitative estimate of drug-likeness (QED) is 0.336. The average Bonchev–Trinajstić information content (AvgIpc) is 3.08. The van der Waals surface area contributed by atoms with E-state index in [2.05, 4.69) is 40.4 Å². The Labute approximate surface area is 184 Å². The van der Waals surface area contributed by atoms with Gasteiger partial charge in [-0.2, -0.15) is 0 Å². The molecule has 31 heavy (non-hydrogen) atoms. The van der Waals surface area contributed by atoms with Gasteiger partial charge in [-0.15, -0.1) is 6.58 Å². The van der Waals surface area contributed by atoms with E-state index < -0.39 is 5.60 Å². The number of esters is 1. The van der Waals surface area contributed by atoms with Crippen LogP contribution in [0.3, 0.4) is 0 Å². The van der Waals surface area contributed by atoms with Gasteiger partial charge in [0, 0.05) is 35.4 Å². The molecule has 1 saturated carbocycles. The van der Waals surface area contributed by atoms with E-state index in [4.69, 9.17) is 4.74 Å². The lowest BCUT2D eigenvalue weighted by Crippen LogP contribution is -2.24. The van der Waals surface area contributed by atoms with E-state index >= 15 is 0 Å². The first-order chi connectivity index (χ1) is 14.9. The van der Waals surface area contributed by atoms with E-state index in [1.807, 2.05) is 33.0 Å². The minimum atomic E-state index is -0.558. The third-order valence-corrected chi connectivity index (χ3v) is 6.03. The van der Waals surface area contributed by atoms with Crippen molar-refractivity contribution in [3.63, 3.8) is 0 Å². The highest BCUT2D eigenvalue weighted by molar-refractivity contribution is 6.00. The zero-order chi connectivity index (χ0) is 22.0. The Hall–Kier alpha value is -2.88. The minimum absolute atomic E-state index is 0.310. The summed E-state index contributed by atoms with van der Waals surface area (Å²) in [5.74, 6) is 0.168. The molecular formula is C27H32N2O2. The number of carbonyl (C=O) groups is 1. The molecule has 3 aromatic rings. The van der Waals surface area contributed by atoms with Crippen LogP contribution in [0.1, 0.15) is 74.7 Å². The van der Waals surface area contributed by atoms with Crippen molar-refractivity contribution < 1.29 is 9.53 Å². The van der Waals surface area contributed by atoms with Crippen LogP contribution in [0.2, 0.25) is 0 Å². The molecule has 0 bridgehead atoms. The maximum absolute atomic E-state index is 13.1. The molecule has 0 N–H and O–H groups in total. The monoisotopic (exact) mass is 416 g/mol. The van der Waals surface area contributed by atoms with Gasteiger partial charge in [-0.1, -0.05) is 43.5 Å². The normalized spacial score (nSPS) is 15.2. The van der Waals surface area contributed by atoms with Crippen molar-refractivity contribution >= 4 is 16.9 Å². The predicted octanol–water partition coefficient (Wildman–Crippen LogP) is 6.89. The zero-order valence-electron chi connectivity index (χ0n) is 18.9. The van der Waals surface area contributed by atoms with Crippen molar-refractivity contribution in [2.45, 2.75) is 70.9 Å². The SMILES string of the molecule is C=CCn1c(-c2cnccc2C(=O)OC(C)(C)C)c(C2CCCCC2)c2ccccc21. The number of carbonyl (C=O) groups excluding carboxylic acids is 1. The lowest BCUT2D eigenvalue weighted by Gasteiger charge is -2.25. The van der Waals surface area contributed by atoms with E-state index in [0.717, 1.165) is 11.3 Å². The van der Waals surface area contributed by atoms with E-state index in [9.17, 15) is 4.79 Å². The Bertz CT molecular complexity index is 1100. The second kappa shape index (κ2) is 8.70. The smallest absolute Gasteiger partial charge is 0.339 e. The zero-order valence-corrected chi connectivity index (χ0v) is 18.9. The number of rotatable bonds is 5. The molecule has 0 amide bonds. The van der Waals surface area contributed by atoms with Crippen LogP contribution < -0.4 is 0 Å². The number of benzene rings is 1. The number of aromatic nitrogens is 2. The second-order valence-corrected chi connectivity index (χ2v) is 9.44. The van der Waals surface area contributed by atoms with Crippen LogP contribution >= 0.6 is 0 Å². The van der Waals surface area contributed by atoms with Crippen LogP contribution in [0.4, 0.5) is 0 Å². The van der Waals surface area contributed by atoms with Gasteiger partial charge in [0.05, 0.1) is 11.3 Å². The van der Waals surface area contributed by atoms with Crippen molar-refractivity contribution in [2.24, 2.45) is 0 Å². The third kappa shape index (κ3) is 4.30. The Balaban J connectivity index is 1.98. The third-order valence-electron chi connectivity index (χ3n) is 6.03. The summed E-state index contributed by atoms with van der Waals surface area (Å²) in [7, 11) is 0. The molecule has 0 aliphatic heterocycles. The summed E-state index contributed by atoms with van der Waals surface area (Å²) in [6.07, 6.45) is 11.6. The number of fused-ring (bicyclic) bond motifs is 1. The second-order valence-electron chi connectivity index (χ2n) is 9.44. The molecule has 4 rings (SSSR count). The van der Waals surface area contributed by atoms with Gasteiger partial charge >= 0.3 is 5.97 Å². The lowest BCUT2D eigenvalue weighted by molar-refractivity contribution is 0.00702. The van der Waals surface area contributed by atoms with E-state index in [-0.39, 0.29) is 5.97 Å². The van der Waals surface area contributed by atoms with Gasteiger partial charge in [0.1, 0.15) is 5.60 Å². The van der Waals surface area contributed by atoms with Gasteiger partial charge in [-0.05, 0) is 57.2 Å². The molecule has 2 heterocycles. The van der Waals surface area contributed by atoms with Crippen LogP contribution in [0.5, 0.6) is 0 Å². The van der Waals surface area contributed by atoms with Gasteiger partial charge in [0.25, 0.3) is 0 Å². The molecule has 0 spiro atoms. The number of nitrogens with zero attached hydrogens (tertiary/aromatic N) is 2. The van der Waals surface area contributed by atoms with E-state index in [1.54, 1.807) is 12.3 Å². The average molecular weight is 417 g/mol. The minimum Gasteiger partial charge on any atom is -0.456 e. The fraction of sp³-hybridized carbons (Fsp3) is 0.407. The highest BCUT2D eigenvalue weighted by Gasteiger charge is 2.29. The number of para-hydroxylation sites is 1. The lowest BCUT2D eigenvalue weighted by atomic mass is 9.81. The molecule has 4 heteroatoms. The van der Waals surface area contributed by atoms with Gasteiger partial charge in [-0.25, -0.2) is 4.79 Å². The maximum Gasteiger partial charge on any atom is 0.339 e. The molecule has 2 aromatic heterocycles. The fourth-order valence-electron chi connectivity index (χ4n) is 4.84. The van der Waals surface area contributed by atoms with Crippen molar-refractivity contribution in [2.75, 3.05) is 0 Å². The molecule has 0 unspecified atom stereocenters. The molecule has 0 atom stereocenters. The summed E-state index contributed by atoms with van der Waals surface area (Å²) >= 11 is 0. The molecule has 0 saturated heterocycles. The largest absolute Gasteiger partial charge is 0.456 e. The molecule has 1 aromatic carbocycles. The molecular weight excluding hydrogens is 384 g/mol. The summed E-state index contributed by atoms with van der Waals surface area (Å²) in [4.78, 5) is 17.6. The van der Waals surface area contributed by atoms with E-state index in [0.29, 0.717) is 18.0 Å². The van der Waals surface area contributed by atoms with Crippen LogP contribution in [0.25, 0.3) is 22.2 Å². The number of hydrogen-bond donors (Lipinski definition) is 0. The first-order valence-electron chi connectivity index (χ1n) is 11.3. The van der Waals surface area contributed by atoms with Crippen molar-refractivity contribution in [3.8, 4) is 11.3 Å². The summed E-state index contributed by atoms with van der Waals surface area (Å²) < 4.78 is 8.04. The van der Waals surface area contributed by atoms with Gasteiger partial charge in [0.15, 0.2) is 0 Å².